The predicted molar refractivity (Wildman–Crippen MR) is 134 cm³/mol. The molecule has 5 rings (SSSR count). The van der Waals surface area contributed by atoms with E-state index < -0.39 is 10.0 Å². The lowest BCUT2D eigenvalue weighted by Crippen LogP contribution is -2.59. The molecule has 3 N–H and O–H groups in total. The molecular weight excluding hydrogens is 428 g/mol. The predicted octanol–water partition coefficient (Wildman–Crippen LogP) is 5.66. The normalized spacial score (nSPS) is 42.9. The Labute approximate surface area is 201 Å². The maximum Gasteiger partial charge on any atom is 0.238 e. The monoisotopic (exact) mass is 472 g/mol. The van der Waals surface area contributed by atoms with Crippen LogP contribution < -0.4 is 10.5 Å². The van der Waals surface area contributed by atoms with Crippen LogP contribution in [0.5, 0.6) is 0 Å². The largest absolute Gasteiger partial charge is 0.311 e. The van der Waals surface area contributed by atoms with Crippen LogP contribution in [0.25, 0.3) is 0 Å². The van der Waals surface area contributed by atoms with Crippen LogP contribution in [0.1, 0.15) is 90.5 Å². The highest BCUT2D eigenvalue weighted by atomic mass is 32.2. The number of rotatable bonds is 5. The molecule has 0 bridgehead atoms. The Morgan fingerprint density at radius 3 is 2.36 bits per heavy atom. The maximum absolute atomic E-state index is 11.5. The number of hydrogen-bond donors (Lipinski definition) is 2. The third-order valence-corrected chi connectivity index (χ3v) is 12.3. The average molecular weight is 473 g/mol. The smallest absolute Gasteiger partial charge is 0.238 e. The highest BCUT2D eigenvalue weighted by Gasteiger charge is 2.62. The number of fused-ring (bicyclic) bond motifs is 5. The molecule has 4 aliphatic rings. The Hall–Kier alpha value is -0.910. The second kappa shape index (κ2) is 8.34. The Morgan fingerprint density at radius 2 is 1.64 bits per heavy atom. The van der Waals surface area contributed by atoms with E-state index in [1.807, 2.05) is 12.1 Å². The summed E-state index contributed by atoms with van der Waals surface area (Å²) in [5.74, 6) is 3.73. The second-order valence-electron chi connectivity index (χ2n) is 12.6. The summed E-state index contributed by atoms with van der Waals surface area (Å²) in [4.78, 5) is 0.190. The van der Waals surface area contributed by atoms with E-state index >= 15 is 0 Å². The van der Waals surface area contributed by atoms with E-state index in [1.54, 1.807) is 12.1 Å². The number of nitrogens with one attached hydrogen (secondary N) is 1. The maximum atomic E-state index is 11.5. The van der Waals surface area contributed by atoms with Crippen LogP contribution in [0, 0.1) is 34.5 Å². The quantitative estimate of drug-likeness (QED) is 0.581. The fraction of sp³-hybridized carbons (Fsp3) is 0.786. The number of nitrogens with two attached hydrogens (primary N) is 1. The first-order valence-corrected chi connectivity index (χ1v) is 15.0. The van der Waals surface area contributed by atoms with E-state index in [0.29, 0.717) is 10.8 Å². The minimum absolute atomic E-state index is 0.188. The van der Waals surface area contributed by atoms with Crippen LogP contribution in [0.4, 0.5) is 0 Å². The first-order chi connectivity index (χ1) is 15.6. The molecule has 4 fully saturated rings. The second-order valence-corrected chi connectivity index (χ2v) is 14.2. The zero-order chi connectivity index (χ0) is 23.5. The van der Waals surface area contributed by atoms with Gasteiger partial charge >= 0.3 is 0 Å². The topological polar surface area (TPSA) is 72.2 Å². The van der Waals surface area contributed by atoms with Crippen LogP contribution in [0.2, 0.25) is 0 Å². The standard InChI is InChI=1S/C28H44N2O2S/c1-26-16-5-4-6-21(26)9-12-23-24(26)13-17-27(2)25(23)14-18-28(27,3)30-19-15-20-7-10-22(11-8-20)33(29,31)32/h7-8,10-11,21,23-25,30H,4-6,9,12-19H2,1-3H3,(H2,29,31,32)/t21?,23-,24-,25+,26+,27+,28?/m1/s1. The van der Waals surface area contributed by atoms with Gasteiger partial charge in [0.15, 0.2) is 0 Å². The van der Waals surface area contributed by atoms with Gasteiger partial charge in [0.2, 0.25) is 10.0 Å². The molecule has 184 valence electrons. The molecule has 4 nitrogen and oxygen atoms in total. The van der Waals surface area contributed by atoms with Crippen LogP contribution >= 0.6 is 0 Å². The van der Waals surface area contributed by atoms with Crippen molar-refractivity contribution in [3.8, 4) is 0 Å². The molecule has 1 aromatic rings. The molecule has 0 spiro atoms. The molecule has 0 heterocycles. The molecule has 0 aliphatic heterocycles. The van der Waals surface area contributed by atoms with Crippen molar-refractivity contribution in [3.63, 3.8) is 0 Å². The van der Waals surface area contributed by atoms with Crippen molar-refractivity contribution >= 4 is 10.0 Å². The van der Waals surface area contributed by atoms with E-state index in [9.17, 15) is 8.42 Å². The first kappa shape index (κ1) is 23.8. The Bertz CT molecular complexity index is 976. The summed E-state index contributed by atoms with van der Waals surface area (Å²) in [6, 6.07) is 7.06. The lowest BCUT2D eigenvalue weighted by atomic mass is 9.44. The molecule has 4 aliphatic carbocycles. The summed E-state index contributed by atoms with van der Waals surface area (Å²) in [6.07, 6.45) is 15.2. The molecule has 33 heavy (non-hydrogen) atoms. The van der Waals surface area contributed by atoms with Gasteiger partial charge in [-0.1, -0.05) is 38.8 Å². The number of sulfonamides is 1. The van der Waals surface area contributed by atoms with Gasteiger partial charge in [0.25, 0.3) is 0 Å². The van der Waals surface area contributed by atoms with Gasteiger partial charge in [0, 0.05) is 5.54 Å². The van der Waals surface area contributed by atoms with Gasteiger partial charge in [0.1, 0.15) is 0 Å². The SMILES string of the molecule is CC1(NCCc2ccc(S(N)(=O)=O)cc2)CC[C@H]2[C@@H]3CCC4CCCC[C@]4(C)[C@@H]3CC[C@@]21C. The lowest BCUT2D eigenvalue weighted by Gasteiger charge is -2.61. The van der Waals surface area contributed by atoms with Gasteiger partial charge < -0.3 is 5.32 Å². The summed E-state index contributed by atoms with van der Waals surface area (Å²) in [5.41, 5.74) is 2.33. The minimum Gasteiger partial charge on any atom is -0.311 e. The molecule has 0 radical (unpaired) electrons. The molecule has 0 saturated heterocycles. The summed E-state index contributed by atoms with van der Waals surface area (Å²) in [7, 11) is -3.62. The molecular formula is C28H44N2O2S. The van der Waals surface area contributed by atoms with Gasteiger partial charge in [-0.2, -0.15) is 0 Å². The van der Waals surface area contributed by atoms with Crippen molar-refractivity contribution < 1.29 is 8.42 Å². The van der Waals surface area contributed by atoms with Crippen molar-refractivity contribution in [1.29, 1.82) is 0 Å². The van der Waals surface area contributed by atoms with Crippen molar-refractivity contribution in [2.45, 2.75) is 102 Å². The zero-order valence-electron chi connectivity index (χ0n) is 20.9. The molecule has 4 saturated carbocycles. The summed E-state index contributed by atoms with van der Waals surface area (Å²) in [6.45, 7) is 8.70. The van der Waals surface area contributed by atoms with Crippen LogP contribution in [0.3, 0.4) is 0 Å². The number of hydrogen-bond acceptors (Lipinski definition) is 3. The van der Waals surface area contributed by atoms with Crippen molar-refractivity contribution in [2.24, 2.45) is 39.6 Å². The molecule has 0 amide bonds. The number of benzene rings is 1. The van der Waals surface area contributed by atoms with Gasteiger partial charge in [-0.15, -0.1) is 0 Å². The Balaban J connectivity index is 1.26. The van der Waals surface area contributed by atoms with E-state index in [1.165, 1.54) is 64.2 Å². The molecule has 0 aromatic heterocycles. The van der Waals surface area contributed by atoms with E-state index in [0.717, 1.165) is 42.2 Å². The van der Waals surface area contributed by atoms with Crippen LogP contribution in [-0.4, -0.2) is 20.5 Å². The third-order valence-electron chi connectivity index (χ3n) is 11.4. The van der Waals surface area contributed by atoms with Gasteiger partial charge in [0.05, 0.1) is 4.90 Å². The van der Waals surface area contributed by atoms with E-state index in [-0.39, 0.29) is 10.4 Å². The highest BCUT2D eigenvalue weighted by molar-refractivity contribution is 7.89. The van der Waals surface area contributed by atoms with Crippen molar-refractivity contribution in [3.05, 3.63) is 29.8 Å². The highest BCUT2D eigenvalue weighted by Crippen LogP contribution is 2.68. The fourth-order valence-electron chi connectivity index (χ4n) is 9.18. The van der Waals surface area contributed by atoms with Gasteiger partial charge in [-0.25, -0.2) is 13.6 Å². The average Bonchev–Trinajstić information content (AvgIpc) is 3.04. The Kier molecular flexibility index (Phi) is 6.02. The summed E-state index contributed by atoms with van der Waals surface area (Å²) < 4.78 is 23.0. The van der Waals surface area contributed by atoms with Crippen LogP contribution in [-0.2, 0) is 16.4 Å². The molecule has 2 unspecified atom stereocenters. The first-order valence-electron chi connectivity index (χ1n) is 13.4. The van der Waals surface area contributed by atoms with E-state index in [2.05, 4.69) is 26.1 Å². The molecule has 7 atom stereocenters. The number of primary sulfonamides is 1. The lowest BCUT2D eigenvalue weighted by molar-refractivity contribution is -0.115. The molecule has 5 heteroatoms. The van der Waals surface area contributed by atoms with Gasteiger partial charge in [-0.3, -0.25) is 0 Å². The zero-order valence-corrected chi connectivity index (χ0v) is 21.7. The van der Waals surface area contributed by atoms with Crippen molar-refractivity contribution in [1.82, 2.24) is 5.32 Å². The van der Waals surface area contributed by atoms with E-state index in [4.69, 9.17) is 5.14 Å². The van der Waals surface area contributed by atoms with Crippen molar-refractivity contribution in [2.75, 3.05) is 6.54 Å². The molecule has 1 aromatic carbocycles. The fourth-order valence-corrected chi connectivity index (χ4v) is 9.70. The minimum atomic E-state index is -3.62. The van der Waals surface area contributed by atoms with Crippen LogP contribution in [0.15, 0.2) is 29.2 Å². The third kappa shape index (κ3) is 3.90. The van der Waals surface area contributed by atoms with Gasteiger partial charge in [-0.05, 0) is 123 Å². The summed E-state index contributed by atoms with van der Waals surface area (Å²) in [5, 5.41) is 9.24. The summed E-state index contributed by atoms with van der Waals surface area (Å²) >= 11 is 0. The Morgan fingerprint density at radius 1 is 0.909 bits per heavy atom.